The summed E-state index contributed by atoms with van der Waals surface area (Å²) in [7, 11) is 1.62. The highest BCUT2D eigenvalue weighted by Gasteiger charge is 2.16. The summed E-state index contributed by atoms with van der Waals surface area (Å²) in [6.45, 7) is 0. The molecule has 4 rings (SSSR count). The first kappa shape index (κ1) is 15.5. The van der Waals surface area contributed by atoms with Crippen LogP contribution in [0.2, 0.25) is 0 Å². The first-order valence-electron chi connectivity index (χ1n) is 8.34. The van der Waals surface area contributed by atoms with E-state index in [-0.39, 0.29) is 11.8 Å². The molecule has 0 amide bonds. The van der Waals surface area contributed by atoms with Crippen molar-refractivity contribution in [3.05, 3.63) is 83.9 Å². The number of hydrogen-bond acceptors (Lipinski definition) is 3. The second-order valence-electron chi connectivity index (χ2n) is 6.21. The van der Waals surface area contributed by atoms with Crippen LogP contribution < -0.4 is 4.74 Å². The number of benzene rings is 3. The van der Waals surface area contributed by atoms with Gasteiger partial charge in [-0.05, 0) is 47.0 Å². The molecule has 0 bridgehead atoms. The Kier molecular flexibility index (Phi) is 3.98. The number of aromatic hydroxyl groups is 1. The molecule has 1 atom stereocenters. The van der Waals surface area contributed by atoms with Crippen molar-refractivity contribution in [2.45, 2.75) is 12.5 Å². The molecule has 3 heteroatoms. The van der Waals surface area contributed by atoms with E-state index in [2.05, 4.69) is 48.5 Å². The van der Waals surface area contributed by atoms with Gasteiger partial charge >= 0.3 is 0 Å². The summed E-state index contributed by atoms with van der Waals surface area (Å²) in [4.78, 5) is 4.76. The zero-order valence-corrected chi connectivity index (χ0v) is 14.0. The van der Waals surface area contributed by atoms with Crippen LogP contribution in [-0.4, -0.2) is 24.0 Å². The molecule has 0 aromatic heterocycles. The van der Waals surface area contributed by atoms with Gasteiger partial charge in [-0.2, -0.15) is 0 Å². The molecule has 0 radical (unpaired) electrons. The van der Waals surface area contributed by atoms with Crippen molar-refractivity contribution in [2.75, 3.05) is 7.11 Å². The molecule has 0 saturated heterocycles. The highest BCUT2D eigenvalue weighted by atomic mass is 16.5. The van der Waals surface area contributed by atoms with Crippen LogP contribution in [0.4, 0.5) is 0 Å². The molecule has 0 fully saturated rings. The van der Waals surface area contributed by atoms with Crippen LogP contribution in [0.1, 0.15) is 11.1 Å². The highest BCUT2D eigenvalue weighted by Crippen LogP contribution is 2.27. The fraction of sp³-hybridized carbons (Fsp3) is 0.136. The van der Waals surface area contributed by atoms with Crippen LogP contribution in [0.15, 0.2) is 77.8 Å². The number of hydrogen-bond donors (Lipinski definition) is 1. The van der Waals surface area contributed by atoms with Gasteiger partial charge in [0, 0.05) is 5.56 Å². The van der Waals surface area contributed by atoms with Gasteiger partial charge in [-0.15, -0.1) is 0 Å². The number of phenols is 1. The summed E-state index contributed by atoms with van der Waals surface area (Å²) < 4.78 is 5.24. The molecule has 0 spiro atoms. The lowest BCUT2D eigenvalue weighted by Crippen LogP contribution is -2.04. The molecule has 3 nitrogen and oxygen atoms in total. The van der Waals surface area contributed by atoms with Gasteiger partial charge in [0.15, 0.2) is 0 Å². The number of rotatable bonds is 4. The fourth-order valence-corrected chi connectivity index (χ4v) is 3.19. The Morgan fingerprint density at radius 1 is 1.00 bits per heavy atom. The Hall–Kier alpha value is -3.07. The molecule has 0 aliphatic carbocycles. The van der Waals surface area contributed by atoms with Crippen LogP contribution in [0.25, 0.3) is 10.8 Å². The number of methoxy groups -OCH3 is 1. The summed E-state index contributed by atoms with van der Waals surface area (Å²) in [5.41, 5.74) is 2.76. The lowest BCUT2D eigenvalue weighted by molar-refractivity contribution is 0.412. The number of aliphatic imine (C=N–C) groups is 1. The molecular formula is C22H19NO2. The minimum absolute atomic E-state index is 0.0850. The van der Waals surface area contributed by atoms with E-state index in [9.17, 15) is 5.11 Å². The van der Waals surface area contributed by atoms with Crippen LogP contribution in [-0.2, 0) is 6.42 Å². The molecule has 0 saturated carbocycles. The topological polar surface area (TPSA) is 41.8 Å². The second-order valence-corrected chi connectivity index (χ2v) is 6.21. The molecule has 3 aromatic carbocycles. The Morgan fingerprint density at radius 2 is 1.84 bits per heavy atom. The lowest BCUT2D eigenvalue weighted by atomic mass is 10.0. The van der Waals surface area contributed by atoms with E-state index in [4.69, 9.17) is 9.73 Å². The number of nitrogens with zero attached hydrogens (tertiary/aromatic N) is 1. The molecule has 124 valence electrons. The van der Waals surface area contributed by atoms with E-state index in [1.807, 2.05) is 12.1 Å². The van der Waals surface area contributed by atoms with Gasteiger partial charge in [-0.25, -0.2) is 0 Å². The maximum Gasteiger partial charge on any atom is 0.125 e. The Balaban J connectivity index is 1.58. The Morgan fingerprint density at radius 3 is 2.68 bits per heavy atom. The van der Waals surface area contributed by atoms with Gasteiger partial charge in [0.05, 0.1) is 18.9 Å². The van der Waals surface area contributed by atoms with E-state index < -0.39 is 0 Å². The smallest absolute Gasteiger partial charge is 0.125 e. The monoisotopic (exact) mass is 329 g/mol. The van der Waals surface area contributed by atoms with Crippen LogP contribution in [0.3, 0.4) is 0 Å². The molecule has 1 heterocycles. The largest absolute Gasteiger partial charge is 0.507 e. The van der Waals surface area contributed by atoms with E-state index in [1.54, 1.807) is 19.2 Å². The van der Waals surface area contributed by atoms with Crippen molar-refractivity contribution in [3.63, 3.8) is 0 Å². The average Bonchev–Trinajstić information content (AvgIpc) is 3.10. The molecule has 1 unspecified atom stereocenters. The zero-order valence-electron chi connectivity index (χ0n) is 14.0. The highest BCUT2D eigenvalue weighted by molar-refractivity contribution is 6.12. The molecule has 25 heavy (non-hydrogen) atoms. The van der Waals surface area contributed by atoms with Crippen molar-refractivity contribution in [2.24, 2.45) is 4.99 Å². The number of fused-ring (bicyclic) bond motifs is 1. The van der Waals surface area contributed by atoms with E-state index in [1.165, 1.54) is 16.3 Å². The van der Waals surface area contributed by atoms with Crippen molar-refractivity contribution < 1.29 is 9.84 Å². The minimum atomic E-state index is 0.0850. The van der Waals surface area contributed by atoms with E-state index in [0.29, 0.717) is 11.3 Å². The summed E-state index contributed by atoms with van der Waals surface area (Å²) in [5, 5.41) is 12.6. The van der Waals surface area contributed by atoms with Gasteiger partial charge in [0.2, 0.25) is 0 Å². The zero-order chi connectivity index (χ0) is 17.2. The van der Waals surface area contributed by atoms with Gasteiger partial charge in [0.1, 0.15) is 11.5 Å². The first-order valence-corrected chi connectivity index (χ1v) is 8.34. The lowest BCUT2D eigenvalue weighted by Gasteiger charge is -2.08. The molecule has 1 aliphatic rings. The van der Waals surface area contributed by atoms with Crippen LogP contribution >= 0.6 is 0 Å². The Bertz CT molecular complexity index is 988. The van der Waals surface area contributed by atoms with Gasteiger partial charge in [0.25, 0.3) is 0 Å². The van der Waals surface area contributed by atoms with Crippen molar-refractivity contribution in [1.82, 2.24) is 0 Å². The standard InChI is InChI=1S/C22H19NO2/c1-25-19-9-11-22(24)20(14-19)21-10-8-18(23-21)13-15-6-7-16-4-2-3-5-17(16)12-15/h2-12,14,18,24H,13H2,1H3. The first-order chi connectivity index (χ1) is 12.2. The van der Waals surface area contributed by atoms with E-state index >= 15 is 0 Å². The third-order valence-electron chi connectivity index (χ3n) is 4.52. The van der Waals surface area contributed by atoms with Crippen LogP contribution in [0, 0.1) is 0 Å². The fourth-order valence-electron chi connectivity index (χ4n) is 3.19. The van der Waals surface area contributed by atoms with Gasteiger partial charge in [-0.1, -0.05) is 48.5 Å². The van der Waals surface area contributed by atoms with Crippen molar-refractivity contribution in [1.29, 1.82) is 0 Å². The normalized spacial score (nSPS) is 16.2. The number of allylic oxidation sites excluding steroid dienone is 1. The third kappa shape index (κ3) is 3.13. The molecule has 1 aliphatic heterocycles. The summed E-state index contributed by atoms with van der Waals surface area (Å²) in [6, 6.07) is 20.2. The van der Waals surface area contributed by atoms with E-state index in [0.717, 1.165) is 12.1 Å². The van der Waals surface area contributed by atoms with Gasteiger partial charge < -0.3 is 9.84 Å². The predicted octanol–water partition coefficient (Wildman–Crippen LogP) is 4.52. The molecule has 3 aromatic rings. The third-order valence-corrected chi connectivity index (χ3v) is 4.52. The SMILES string of the molecule is COc1ccc(O)c(C2=NC(Cc3ccc4ccccc4c3)C=C2)c1. The predicted molar refractivity (Wildman–Crippen MR) is 102 cm³/mol. The number of ether oxygens (including phenoxy) is 1. The minimum Gasteiger partial charge on any atom is -0.507 e. The number of phenolic OH excluding ortho intramolecular Hbond substituents is 1. The maximum absolute atomic E-state index is 10.1. The quantitative estimate of drug-likeness (QED) is 0.764. The average molecular weight is 329 g/mol. The summed E-state index contributed by atoms with van der Waals surface area (Å²) >= 11 is 0. The second kappa shape index (κ2) is 6.44. The van der Waals surface area contributed by atoms with Gasteiger partial charge in [-0.3, -0.25) is 4.99 Å². The van der Waals surface area contributed by atoms with Crippen LogP contribution in [0.5, 0.6) is 11.5 Å². The molecule has 1 N–H and O–H groups in total. The van der Waals surface area contributed by atoms with Crippen molar-refractivity contribution >= 4 is 16.5 Å². The summed E-state index contributed by atoms with van der Waals surface area (Å²) in [6.07, 6.45) is 4.90. The van der Waals surface area contributed by atoms with Crippen molar-refractivity contribution in [3.8, 4) is 11.5 Å². The summed E-state index contributed by atoms with van der Waals surface area (Å²) in [5.74, 6) is 0.928. The Labute approximate surface area is 146 Å². The maximum atomic E-state index is 10.1. The molecular weight excluding hydrogens is 310 g/mol.